The summed E-state index contributed by atoms with van der Waals surface area (Å²) in [4.78, 5) is 11.9. The van der Waals surface area contributed by atoms with Gasteiger partial charge >= 0.3 is 0 Å². The summed E-state index contributed by atoms with van der Waals surface area (Å²) in [5, 5.41) is 11.6. The van der Waals surface area contributed by atoms with Gasteiger partial charge in [0.2, 0.25) is 5.91 Å². The lowest BCUT2D eigenvalue weighted by Gasteiger charge is -2.15. The minimum Gasteiger partial charge on any atom is -0.349 e. The van der Waals surface area contributed by atoms with Crippen LogP contribution < -0.4 is 5.32 Å². The number of carbonyl (C=O) groups is 1. The molecular formula is C12H11Cl2N3OS2. The molecular weight excluding hydrogens is 337 g/mol. The molecule has 0 saturated carbocycles. The normalized spacial score (nSPS) is 12.2. The predicted octanol–water partition coefficient (Wildman–Crippen LogP) is 3.81. The highest BCUT2D eigenvalue weighted by Gasteiger charge is 2.13. The zero-order valence-corrected chi connectivity index (χ0v) is 13.6. The topological polar surface area (TPSA) is 54.9 Å². The lowest BCUT2D eigenvalue weighted by Crippen LogP contribution is -2.28. The highest BCUT2D eigenvalue weighted by atomic mass is 35.5. The molecule has 106 valence electrons. The van der Waals surface area contributed by atoms with Crippen LogP contribution in [-0.4, -0.2) is 21.9 Å². The van der Waals surface area contributed by atoms with Crippen LogP contribution in [0.3, 0.4) is 0 Å². The van der Waals surface area contributed by atoms with Crippen molar-refractivity contribution in [1.82, 2.24) is 15.5 Å². The van der Waals surface area contributed by atoms with Gasteiger partial charge in [-0.1, -0.05) is 52.4 Å². The first-order chi connectivity index (χ1) is 9.56. The van der Waals surface area contributed by atoms with E-state index in [1.807, 2.05) is 13.0 Å². The van der Waals surface area contributed by atoms with Crippen molar-refractivity contribution in [3.63, 3.8) is 0 Å². The Bertz CT molecular complexity index is 592. The molecule has 2 rings (SSSR count). The van der Waals surface area contributed by atoms with E-state index in [9.17, 15) is 4.79 Å². The van der Waals surface area contributed by atoms with Crippen molar-refractivity contribution in [1.29, 1.82) is 0 Å². The lowest BCUT2D eigenvalue weighted by molar-refractivity contribution is -0.119. The van der Waals surface area contributed by atoms with Gasteiger partial charge in [-0.3, -0.25) is 4.79 Å². The van der Waals surface area contributed by atoms with Crippen molar-refractivity contribution >= 4 is 52.2 Å². The van der Waals surface area contributed by atoms with Crippen molar-refractivity contribution in [2.45, 2.75) is 17.3 Å². The van der Waals surface area contributed by atoms with Crippen molar-refractivity contribution < 1.29 is 4.79 Å². The van der Waals surface area contributed by atoms with Gasteiger partial charge in [-0.15, -0.1) is 10.2 Å². The first kappa shape index (κ1) is 15.6. The van der Waals surface area contributed by atoms with E-state index in [2.05, 4.69) is 15.5 Å². The number of halogens is 2. The number of nitrogens with one attached hydrogen (secondary N) is 1. The first-order valence-electron chi connectivity index (χ1n) is 5.69. The molecule has 0 radical (unpaired) electrons. The van der Waals surface area contributed by atoms with Gasteiger partial charge in [-0.05, 0) is 24.6 Å². The van der Waals surface area contributed by atoms with E-state index in [-0.39, 0.29) is 11.9 Å². The van der Waals surface area contributed by atoms with Gasteiger partial charge in [0.05, 0.1) is 11.8 Å². The van der Waals surface area contributed by atoms with Gasteiger partial charge in [0.15, 0.2) is 4.34 Å². The number of nitrogens with zero attached hydrogens (tertiary/aromatic N) is 2. The molecule has 0 saturated heterocycles. The molecule has 0 aliphatic carbocycles. The van der Waals surface area contributed by atoms with Crippen LogP contribution in [0.5, 0.6) is 0 Å². The SMILES string of the molecule is C[C@H](NC(=O)CSc1nncs1)c1ccc(Cl)cc1Cl. The molecule has 1 aromatic carbocycles. The Morgan fingerprint density at radius 1 is 1.50 bits per heavy atom. The van der Waals surface area contributed by atoms with Crippen LogP contribution in [0, 0.1) is 0 Å². The Morgan fingerprint density at radius 3 is 2.95 bits per heavy atom. The zero-order valence-electron chi connectivity index (χ0n) is 10.5. The van der Waals surface area contributed by atoms with Crippen LogP contribution in [0.25, 0.3) is 0 Å². The zero-order chi connectivity index (χ0) is 14.5. The second-order valence-electron chi connectivity index (χ2n) is 3.95. The summed E-state index contributed by atoms with van der Waals surface area (Å²) in [6.45, 7) is 1.88. The fraction of sp³-hybridized carbons (Fsp3) is 0.250. The summed E-state index contributed by atoms with van der Waals surface area (Å²) >= 11 is 14.7. The summed E-state index contributed by atoms with van der Waals surface area (Å²) in [7, 11) is 0. The summed E-state index contributed by atoms with van der Waals surface area (Å²) in [5.74, 6) is 0.216. The third-order valence-corrected chi connectivity index (χ3v) is 4.90. The summed E-state index contributed by atoms with van der Waals surface area (Å²) in [5.41, 5.74) is 2.47. The minimum absolute atomic E-state index is 0.0799. The molecule has 0 spiro atoms. The van der Waals surface area contributed by atoms with Crippen LogP contribution in [0.1, 0.15) is 18.5 Å². The fourth-order valence-corrected chi connectivity index (χ4v) is 3.44. The molecule has 0 aliphatic rings. The number of amides is 1. The van der Waals surface area contributed by atoms with E-state index >= 15 is 0 Å². The maximum Gasteiger partial charge on any atom is 0.230 e. The first-order valence-corrected chi connectivity index (χ1v) is 8.31. The number of carbonyl (C=O) groups excluding carboxylic acids is 1. The van der Waals surface area contributed by atoms with Crippen LogP contribution in [0.15, 0.2) is 28.0 Å². The third-order valence-electron chi connectivity index (χ3n) is 2.47. The Balaban J connectivity index is 1.90. The predicted molar refractivity (Wildman–Crippen MR) is 83.7 cm³/mol. The summed E-state index contributed by atoms with van der Waals surface area (Å²) in [6, 6.07) is 5.05. The summed E-state index contributed by atoms with van der Waals surface area (Å²) < 4.78 is 0.775. The Morgan fingerprint density at radius 2 is 2.30 bits per heavy atom. The summed E-state index contributed by atoms with van der Waals surface area (Å²) in [6.07, 6.45) is 0. The Hall–Kier alpha value is -0.820. The molecule has 1 atom stereocenters. The van der Waals surface area contributed by atoms with Gasteiger partial charge < -0.3 is 5.32 Å². The standard InChI is InChI=1S/C12H11Cl2N3OS2/c1-7(9-3-2-8(13)4-10(9)14)16-11(18)5-19-12-17-15-6-20-12/h2-4,6-7H,5H2,1H3,(H,16,18)/t7-/m0/s1. The molecule has 1 amide bonds. The molecule has 0 aliphatic heterocycles. The van der Waals surface area contributed by atoms with E-state index in [1.54, 1.807) is 17.6 Å². The third kappa shape index (κ3) is 4.34. The van der Waals surface area contributed by atoms with E-state index < -0.39 is 0 Å². The highest BCUT2D eigenvalue weighted by Crippen LogP contribution is 2.26. The molecule has 8 heteroatoms. The van der Waals surface area contributed by atoms with Crippen molar-refractivity contribution in [3.8, 4) is 0 Å². The molecule has 0 fully saturated rings. The van der Waals surface area contributed by atoms with Crippen LogP contribution in [0.2, 0.25) is 10.0 Å². The molecule has 1 N–H and O–H groups in total. The molecule has 20 heavy (non-hydrogen) atoms. The van der Waals surface area contributed by atoms with E-state index in [4.69, 9.17) is 23.2 Å². The van der Waals surface area contributed by atoms with Gasteiger partial charge in [-0.2, -0.15) is 0 Å². The monoisotopic (exact) mass is 347 g/mol. The van der Waals surface area contributed by atoms with Crippen molar-refractivity contribution in [3.05, 3.63) is 39.3 Å². The van der Waals surface area contributed by atoms with Crippen LogP contribution >= 0.6 is 46.3 Å². The highest BCUT2D eigenvalue weighted by molar-refractivity contribution is 8.01. The van der Waals surface area contributed by atoms with Crippen molar-refractivity contribution in [2.24, 2.45) is 0 Å². The number of benzene rings is 1. The molecule has 0 bridgehead atoms. The second-order valence-corrected chi connectivity index (χ2v) is 6.85. The number of hydrogen-bond donors (Lipinski definition) is 1. The number of rotatable bonds is 5. The molecule has 0 unspecified atom stereocenters. The average Bonchev–Trinajstić information content (AvgIpc) is 2.89. The smallest absolute Gasteiger partial charge is 0.230 e. The van der Waals surface area contributed by atoms with Gasteiger partial charge in [0, 0.05) is 10.0 Å². The van der Waals surface area contributed by atoms with E-state index in [0.717, 1.165) is 9.90 Å². The quantitative estimate of drug-likeness (QED) is 0.835. The largest absolute Gasteiger partial charge is 0.349 e. The Labute approximate surface area is 134 Å². The van der Waals surface area contributed by atoms with Gasteiger partial charge in [0.1, 0.15) is 5.51 Å². The molecule has 1 heterocycles. The van der Waals surface area contributed by atoms with E-state index in [1.165, 1.54) is 23.1 Å². The van der Waals surface area contributed by atoms with Crippen molar-refractivity contribution in [2.75, 3.05) is 5.75 Å². The second kappa shape index (κ2) is 7.26. The fourth-order valence-electron chi connectivity index (χ4n) is 1.57. The van der Waals surface area contributed by atoms with E-state index in [0.29, 0.717) is 15.8 Å². The average molecular weight is 348 g/mol. The minimum atomic E-state index is -0.178. The van der Waals surface area contributed by atoms with Gasteiger partial charge in [0.25, 0.3) is 0 Å². The van der Waals surface area contributed by atoms with Crippen LogP contribution in [-0.2, 0) is 4.79 Å². The Kier molecular flexibility index (Phi) is 5.65. The number of aromatic nitrogens is 2. The lowest BCUT2D eigenvalue weighted by atomic mass is 10.1. The maximum atomic E-state index is 11.9. The molecule has 4 nitrogen and oxygen atoms in total. The molecule has 1 aromatic heterocycles. The number of hydrogen-bond acceptors (Lipinski definition) is 5. The molecule has 2 aromatic rings. The maximum absolute atomic E-state index is 11.9. The number of thioether (sulfide) groups is 1. The van der Waals surface area contributed by atoms with Gasteiger partial charge in [-0.25, -0.2) is 0 Å². The van der Waals surface area contributed by atoms with Crippen LogP contribution in [0.4, 0.5) is 0 Å².